The maximum absolute atomic E-state index is 10.9. The van der Waals surface area contributed by atoms with Crippen LogP contribution >= 0.6 is 0 Å². The van der Waals surface area contributed by atoms with E-state index in [9.17, 15) is 13.6 Å². The lowest BCUT2D eigenvalue weighted by Gasteiger charge is -1.95. The van der Waals surface area contributed by atoms with Crippen LogP contribution in [0.25, 0.3) is 0 Å². The Morgan fingerprint density at radius 2 is 1.71 bits per heavy atom. The van der Waals surface area contributed by atoms with E-state index in [-0.39, 0.29) is 0 Å². The first-order valence-corrected chi connectivity index (χ1v) is 1.54. The highest BCUT2D eigenvalue weighted by Crippen LogP contribution is 2.08. The monoisotopic (exact) mass is 109 g/mol. The van der Waals surface area contributed by atoms with E-state index in [0.717, 1.165) is 0 Å². The van der Waals surface area contributed by atoms with Gasteiger partial charge in [0.1, 0.15) is 0 Å². The van der Waals surface area contributed by atoms with Gasteiger partial charge in [0.05, 0.1) is 0 Å². The molecule has 0 saturated carbocycles. The van der Waals surface area contributed by atoms with Crippen molar-refractivity contribution in [3.63, 3.8) is 0 Å². The zero-order valence-corrected chi connectivity index (χ0v) is 3.57. The summed E-state index contributed by atoms with van der Waals surface area (Å²) in [6.07, 6.45) is -4.39. The van der Waals surface area contributed by atoms with Crippen LogP contribution in [0.2, 0.25) is 0 Å². The van der Waals surface area contributed by atoms with Gasteiger partial charge in [-0.3, -0.25) is 4.79 Å². The average molecular weight is 109 g/mol. The van der Waals surface area contributed by atoms with E-state index in [2.05, 4.69) is 0 Å². The molecule has 4 heteroatoms. The molecular weight excluding hydrogens is 106 g/mol. The summed E-state index contributed by atoms with van der Waals surface area (Å²) in [5.41, 5.74) is 0. The molecule has 0 aliphatic rings. The van der Waals surface area contributed by atoms with E-state index in [0.29, 0.717) is 6.92 Å². The summed E-state index contributed by atoms with van der Waals surface area (Å²) in [4.78, 5) is 9.40. The lowest BCUT2D eigenvalue weighted by atomic mass is 10.4. The minimum absolute atomic E-state index is 0.549. The fourth-order valence-corrected chi connectivity index (χ4v) is 0. The molecule has 1 radical (unpaired) electrons. The van der Waals surface area contributed by atoms with Gasteiger partial charge in [0.15, 0.2) is 0 Å². The van der Waals surface area contributed by atoms with Crippen LogP contribution in [0.5, 0.6) is 0 Å². The highest BCUT2D eigenvalue weighted by atomic mass is 19.3. The summed E-state index contributed by atoms with van der Waals surface area (Å²) in [6, 6.07) is 0. The van der Waals surface area contributed by atoms with Crippen LogP contribution in [-0.2, 0) is 9.90 Å². The Kier molecular flexibility index (Phi) is 1.42. The molecule has 0 fully saturated rings. The second-order valence-electron chi connectivity index (χ2n) is 1.07. The average Bonchev–Trinajstić information content (AvgIpc) is 1.31. The van der Waals surface area contributed by atoms with Crippen molar-refractivity contribution in [1.29, 1.82) is 0 Å². The maximum atomic E-state index is 10.9. The zero-order valence-electron chi connectivity index (χ0n) is 3.57. The number of rotatable bonds is 1. The highest BCUT2D eigenvalue weighted by Gasteiger charge is 2.33. The Balaban J connectivity index is 3.79. The molecule has 0 rings (SSSR count). The molecule has 0 amide bonds. The number of alkyl halides is 2. The standard InChI is InChI=1S/C3H3F2O2/c1-2(6)3(4,5)7/h1H3. The van der Waals surface area contributed by atoms with Gasteiger partial charge in [-0.15, -0.1) is 5.11 Å². The van der Waals surface area contributed by atoms with Gasteiger partial charge >= 0.3 is 6.11 Å². The van der Waals surface area contributed by atoms with Gasteiger partial charge in [-0.25, -0.2) is 0 Å². The van der Waals surface area contributed by atoms with E-state index >= 15 is 0 Å². The maximum Gasteiger partial charge on any atom is 0.441 e. The van der Waals surface area contributed by atoms with Crippen molar-refractivity contribution in [3.05, 3.63) is 0 Å². The van der Waals surface area contributed by atoms with Gasteiger partial charge in [-0.1, -0.05) is 0 Å². The van der Waals surface area contributed by atoms with Crippen molar-refractivity contribution in [2.45, 2.75) is 13.0 Å². The molecule has 0 aliphatic carbocycles. The first-order chi connectivity index (χ1) is 2.94. The topological polar surface area (TPSA) is 37.0 Å². The number of carbonyl (C=O) groups excluding carboxylic acids is 1. The second-order valence-corrected chi connectivity index (χ2v) is 1.07. The fourth-order valence-electron chi connectivity index (χ4n) is 0. The molecule has 0 saturated heterocycles. The molecule has 0 heterocycles. The molecule has 0 spiro atoms. The van der Waals surface area contributed by atoms with Crippen LogP contribution in [0.15, 0.2) is 0 Å². The Morgan fingerprint density at radius 1 is 1.57 bits per heavy atom. The largest absolute Gasteiger partial charge is 0.441 e. The van der Waals surface area contributed by atoms with Crippen LogP contribution in [0.4, 0.5) is 8.78 Å². The van der Waals surface area contributed by atoms with Gasteiger partial charge in [0.2, 0.25) is 5.78 Å². The SMILES string of the molecule is CC(=O)C([O])(F)F. The number of halogens is 2. The minimum Gasteiger partial charge on any atom is -0.290 e. The first kappa shape index (κ1) is 6.49. The summed E-state index contributed by atoms with van der Waals surface area (Å²) in [6.45, 7) is 0.549. The van der Waals surface area contributed by atoms with Gasteiger partial charge in [0.25, 0.3) is 0 Å². The normalized spacial score (nSPS) is 11.4. The van der Waals surface area contributed by atoms with E-state index in [1.54, 1.807) is 0 Å². The van der Waals surface area contributed by atoms with E-state index in [1.165, 1.54) is 0 Å². The quantitative estimate of drug-likeness (QED) is 0.485. The van der Waals surface area contributed by atoms with Crippen LogP contribution in [0.1, 0.15) is 6.92 Å². The van der Waals surface area contributed by atoms with Crippen LogP contribution in [-0.4, -0.2) is 11.9 Å². The molecule has 0 aromatic rings. The predicted octanol–water partition coefficient (Wildman–Crippen LogP) is 0.599. The third-order valence-electron chi connectivity index (χ3n) is 0.410. The molecule has 41 valence electrons. The summed E-state index contributed by atoms with van der Waals surface area (Å²) < 4.78 is 21.9. The second kappa shape index (κ2) is 1.54. The summed E-state index contributed by atoms with van der Waals surface area (Å²) in [5, 5.41) is 9.12. The lowest BCUT2D eigenvalue weighted by Crippen LogP contribution is -2.22. The van der Waals surface area contributed by atoms with Crippen molar-refractivity contribution in [3.8, 4) is 0 Å². The molecule has 0 N–H and O–H groups in total. The van der Waals surface area contributed by atoms with Gasteiger partial charge in [-0.05, 0) is 0 Å². The van der Waals surface area contributed by atoms with Crippen molar-refractivity contribution in [2.75, 3.05) is 0 Å². The minimum atomic E-state index is -4.39. The molecular formula is C3H3F2O2. The van der Waals surface area contributed by atoms with Crippen LogP contribution in [0, 0.1) is 0 Å². The lowest BCUT2D eigenvalue weighted by molar-refractivity contribution is -0.229. The summed E-state index contributed by atoms with van der Waals surface area (Å²) >= 11 is 0. The third kappa shape index (κ3) is 2.22. The van der Waals surface area contributed by atoms with E-state index < -0.39 is 11.9 Å². The molecule has 0 bridgehead atoms. The van der Waals surface area contributed by atoms with Crippen LogP contribution in [0.3, 0.4) is 0 Å². The van der Waals surface area contributed by atoms with E-state index in [4.69, 9.17) is 5.11 Å². The Bertz CT molecular complexity index is 83.4. The van der Waals surface area contributed by atoms with E-state index in [1.807, 2.05) is 0 Å². The first-order valence-electron chi connectivity index (χ1n) is 1.54. The Morgan fingerprint density at radius 3 is 1.71 bits per heavy atom. The number of carbonyl (C=O) groups is 1. The summed E-state index contributed by atoms with van der Waals surface area (Å²) in [7, 11) is 0. The van der Waals surface area contributed by atoms with Gasteiger partial charge in [0, 0.05) is 6.92 Å². The smallest absolute Gasteiger partial charge is 0.290 e. The van der Waals surface area contributed by atoms with Gasteiger partial charge < -0.3 is 0 Å². The summed E-state index contributed by atoms with van der Waals surface area (Å²) in [5.74, 6) is -1.65. The molecule has 0 aliphatic heterocycles. The van der Waals surface area contributed by atoms with Crippen molar-refractivity contribution < 1.29 is 18.7 Å². The van der Waals surface area contributed by atoms with Crippen molar-refractivity contribution in [1.82, 2.24) is 0 Å². The molecule has 7 heavy (non-hydrogen) atoms. The number of hydrogen-bond acceptors (Lipinski definition) is 1. The van der Waals surface area contributed by atoms with Gasteiger partial charge in [-0.2, -0.15) is 8.78 Å². The molecule has 0 atom stereocenters. The Hall–Kier alpha value is -0.510. The van der Waals surface area contributed by atoms with Crippen LogP contribution < -0.4 is 0 Å². The highest BCUT2D eigenvalue weighted by molar-refractivity contribution is 5.80. The number of Topliss-reactive ketones (excluding diaryl/α,β-unsaturated/α-hetero) is 1. The molecule has 0 aromatic heterocycles. The zero-order chi connectivity index (χ0) is 6.08. The van der Waals surface area contributed by atoms with Crippen molar-refractivity contribution >= 4 is 5.78 Å². The number of ketones is 1. The Labute approximate surface area is 38.8 Å². The third-order valence-corrected chi connectivity index (χ3v) is 0.410. The molecule has 0 unspecified atom stereocenters. The number of hydrogen-bond donors (Lipinski definition) is 0. The fraction of sp³-hybridized carbons (Fsp3) is 0.667. The van der Waals surface area contributed by atoms with Crippen molar-refractivity contribution in [2.24, 2.45) is 0 Å². The molecule has 0 aromatic carbocycles. The molecule has 2 nitrogen and oxygen atoms in total. The predicted molar refractivity (Wildman–Crippen MR) is 16.3 cm³/mol.